The molecule has 1 heterocycles. The van der Waals surface area contributed by atoms with Gasteiger partial charge in [-0.05, 0) is 30.2 Å². The van der Waals surface area contributed by atoms with Gasteiger partial charge < -0.3 is 14.8 Å². The highest BCUT2D eigenvalue weighted by Gasteiger charge is 2.41. The van der Waals surface area contributed by atoms with Crippen molar-refractivity contribution in [1.82, 2.24) is 15.9 Å². The van der Waals surface area contributed by atoms with Crippen molar-refractivity contribution in [2.24, 2.45) is 11.8 Å². The van der Waals surface area contributed by atoms with Crippen molar-refractivity contribution in [3.8, 4) is 0 Å². The van der Waals surface area contributed by atoms with Crippen LogP contribution in [0.15, 0.2) is 30.3 Å². The Kier molecular flexibility index (Phi) is 9.76. The van der Waals surface area contributed by atoms with Gasteiger partial charge >= 0.3 is 0 Å². The number of nitrogens with zero attached hydrogens (tertiary/aromatic N) is 1. The van der Waals surface area contributed by atoms with E-state index in [4.69, 9.17) is 10.9 Å². The second kappa shape index (κ2) is 12.5. The number of hydroxylamine groups is 1. The molecule has 0 bridgehead atoms. The summed E-state index contributed by atoms with van der Waals surface area (Å²) >= 11 is 3.96. The number of nitrogens with one attached hydrogen (secondary N) is 2. The maximum absolute atomic E-state index is 12.0. The highest BCUT2D eigenvalue weighted by molar-refractivity contribution is 7.96. The second-order valence-corrected chi connectivity index (χ2v) is 8.52. The Bertz CT molecular complexity index is 729. The van der Waals surface area contributed by atoms with Crippen LogP contribution >= 0.6 is 12.6 Å². The number of hydrazine groups is 1. The maximum Gasteiger partial charge on any atom is 0.240 e. The second-order valence-electron chi connectivity index (χ2n) is 8.08. The molecule has 1 amide bonds. The molecule has 174 valence electrons. The van der Waals surface area contributed by atoms with Crippen LogP contribution in [-0.4, -0.2) is 59.0 Å². The number of rotatable bonds is 12. The molecule has 3 N–H and O–H groups in total. The summed E-state index contributed by atoms with van der Waals surface area (Å²) < 4.78 is 19.4. The van der Waals surface area contributed by atoms with Crippen molar-refractivity contribution >= 4 is 23.7 Å². The summed E-state index contributed by atoms with van der Waals surface area (Å²) in [5, 5.41) is 8.33. The number of hydrogen-bond donors (Lipinski definition) is 4. The van der Waals surface area contributed by atoms with Crippen LogP contribution in [0.3, 0.4) is 0 Å². The molecule has 0 aliphatic carbocycles. The predicted molar refractivity (Wildman–Crippen MR) is 120 cm³/mol. The zero-order valence-electron chi connectivity index (χ0n) is 19.6. The fourth-order valence-electron chi connectivity index (χ4n) is 3.87. The van der Waals surface area contributed by atoms with Crippen LogP contribution in [0, 0.1) is 11.8 Å². The van der Waals surface area contributed by atoms with Gasteiger partial charge in [0, 0.05) is 6.92 Å². The molecule has 6 unspecified atom stereocenters. The van der Waals surface area contributed by atoms with Crippen molar-refractivity contribution in [3.05, 3.63) is 35.9 Å². The molecule has 1 aliphatic rings. The fraction of sp³-hybridized carbons (Fsp3) is 0.636. The van der Waals surface area contributed by atoms with Gasteiger partial charge in [0.05, 0.1) is 31.3 Å². The number of hydrogen-bond acceptors (Lipinski definition) is 7. The highest BCUT2D eigenvalue weighted by atomic mass is 32.1. The van der Waals surface area contributed by atoms with Crippen LogP contribution in [0.25, 0.3) is 0 Å². The Labute approximate surface area is 191 Å². The lowest BCUT2D eigenvalue weighted by atomic mass is 9.81. The van der Waals surface area contributed by atoms with E-state index in [2.05, 4.69) is 49.4 Å². The number of benzene rings is 1. The Morgan fingerprint density at radius 3 is 2.61 bits per heavy atom. The number of amides is 1. The number of carbonyl (C=O) groups excluding carboxylic acids is 2. The Balaban J connectivity index is 1.95. The van der Waals surface area contributed by atoms with Gasteiger partial charge in [-0.1, -0.05) is 51.1 Å². The molecule has 0 spiro atoms. The SMILES string of the molecule is [3H]ON(CCOC1OC(CC)C(C)C(C)C1NC(C)=O)NC(Cc1ccccc1)C(=O)S. The Morgan fingerprint density at radius 2 is 2.03 bits per heavy atom. The third-order valence-electron chi connectivity index (χ3n) is 5.81. The summed E-state index contributed by atoms with van der Waals surface area (Å²) in [7, 11) is 0. The lowest BCUT2D eigenvalue weighted by Gasteiger charge is -2.44. The third-order valence-corrected chi connectivity index (χ3v) is 6.13. The van der Waals surface area contributed by atoms with Gasteiger partial charge in [-0.2, -0.15) is 0 Å². The summed E-state index contributed by atoms with van der Waals surface area (Å²) in [4.78, 5) is 23.7. The smallest absolute Gasteiger partial charge is 0.240 e. The molecular weight excluding hydrogens is 418 g/mol. The van der Waals surface area contributed by atoms with Gasteiger partial charge in [0.1, 0.15) is 0 Å². The summed E-state index contributed by atoms with van der Waals surface area (Å²) in [5.41, 5.74) is 3.83. The summed E-state index contributed by atoms with van der Waals surface area (Å²) in [5.74, 6) is 0.294. The Morgan fingerprint density at radius 1 is 1.32 bits per heavy atom. The lowest BCUT2D eigenvalue weighted by Crippen LogP contribution is -2.57. The molecule has 31 heavy (non-hydrogen) atoms. The van der Waals surface area contributed by atoms with Crippen LogP contribution in [-0.2, 0) is 25.5 Å². The number of thiol groups is 1. The molecule has 1 fully saturated rings. The quantitative estimate of drug-likeness (QED) is 0.283. The molecule has 6 atom stereocenters. The average molecular weight is 456 g/mol. The van der Waals surface area contributed by atoms with Gasteiger partial charge in [0.15, 0.2) is 6.29 Å². The molecule has 8 nitrogen and oxygen atoms in total. The highest BCUT2D eigenvalue weighted by Crippen LogP contribution is 2.32. The van der Waals surface area contributed by atoms with Crippen molar-refractivity contribution in [3.63, 3.8) is 0 Å². The van der Waals surface area contributed by atoms with Gasteiger partial charge in [-0.25, -0.2) is 5.43 Å². The molecule has 1 aliphatic heterocycles. The molecular formula is C22H35N3O5S. The van der Waals surface area contributed by atoms with E-state index in [0.29, 0.717) is 6.42 Å². The predicted octanol–water partition coefficient (Wildman–Crippen LogP) is 2.18. The maximum atomic E-state index is 12.0. The number of carbonyl (C=O) groups is 2. The van der Waals surface area contributed by atoms with E-state index in [0.717, 1.165) is 17.2 Å². The van der Waals surface area contributed by atoms with E-state index in [1.807, 2.05) is 30.3 Å². The summed E-state index contributed by atoms with van der Waals surface area (Å²) in [6.45, 7) is 8.04. The molecule has 0 aromatic heterocycles. The van der Waals surface area contributed by atoms with Crippen LogP contribution < -0.4 is 10.7 Å². The zero-order chi connectivity index (χ0) is 23.7. The molecule has 9 heteroatoms. The standard InChI is InChI=1S/C22H35N3O5S/c1-5-19-14(2)15(3)20(23-16(4)26)22(30-19)29-12-11-25(28)24-18(21(27)31)13-17-9-7-6-8-10-17/h6-10,14-15,18-20,22,24,28H,5,11-13H2,1-4H3,(H,23,26)(H,27,31)/i28T. The van der Waals surface area contributed by atoms with Crippen LogP contribution in [0.5, 0.6) is 0 Å². The monoisotopic (exact) mass is 455 g/mol. The molecule has 0 saturated carbocycles. The van der Waals surface area contributed by atoms with Crippen molar-refractivity contribution < 1.29 is 25.7 Å². The summed E-state index contributed by atoms with van der Waals surface area (Å²) in [6.07, 6.45) is 0.647. The fourth-order valence-corrected chi connectivity index (χ4v) is 4.02. The van der Waals surface area contributed by atoms with E-state index < -0.39 is 12.3 Å². The molecule has 2 rings (SSSR count). The minimum Gasteiger partial charge on any atom is -0.349 e. The average Bonchev–Trinajstić information content (AvgIpc) is 2.77. The topological polar surface area (TPSA) is 100 Å². The lowest BCUT2D eigenvalue weighted by molar-refractivity contribution is -0.245. The Hall–Kier alpha value is -1.49. The third kappa shape index (κ3) is 7.85. The van der Waals surface area contributed by atoms with Crippen LogP contribution in [0.1, 0.15) is 39.7 Å². The van der Waals surface area contributed by atoms with Crippen molar-refractivity contribution in [2.45, 2.75) is 65.0 Å². The summed E-state index contributed by atoms with van der Waals surface area (Å²) in [6, 6.07) is 8.55. The molecule has 1 aromatic rings. The zero-order valence-corrected chi connectivity index (χ0v) is 19.5. The van der Waals surface area contributed by atoms with Gasteiger partial charge in [0.25, 0.3) is 0 Å². The minimum absolute atomic E-state index is 0.0266. The molecule has 0 radical (unpaired) electrons. The largest absolute Gasteiger partial charge is 0.349 e. The first-order chi connectivity index (χ1) is 15.3. The first kappa shape index (κ1) is 24.2. The van der Waals surface area contributed by atoms with Gasteiger partial charge in [-0.3, -0.25) is 14.8 Å². The normalized spacial score (nSPS) is 27.5. The first-order valence-corrected chi connectivity index (χ1v) is 11.2. The van der Waals surface area contributed by atoms with Gasteiger partial charge in [-0.15, -0.1) is 17.8 Å². The molecule has 1 aromatic carbocycles. The van der Waals surface area contributed by atoms with Crippen LogP contribution in [0.2, 0.25) is 1.43 Å². The van der Waals surface area contributed by atoms with E-state index >= 15 is 0 Å². The first-order valence-electron chi connectivity index (χ1n) is 11.2. The van der Waals surface area contributed by atoms with Crippen molar-refractivity contribution in [1.29, 1.82) is 0 Å². The minimum atomic E-state index is -0.672. The van der Waals surface area contributed by atoms with Gasteiger partial charge in [0.2, 0.25) is 12.5 Å². The van der Waals surface area contributed by atoms with Crippen molar-refractivity contribution in [2.75, 3.05) is 13.2 Å². The number of ether oxygens (including phenoxy) is 2. The van der Waals surface area contributed by atoms with E-state index in [1.54, 1.807) is 0 Å². The van der Waals surface area contributed by atoms with E-state index in [1.165, 1.54) is 6.92 Å². The van der Waals surface area contributed by atoms with Crippen LogP contribution in [0.4, 0.5) is 0 Å². The molecule has 1 saturated heterocycles. The van der Waals surface area contributed by atoms with E-state index in [-0.39, 0.29) is 48.2 Å². The van der Waals surface area contributed by atoms with E-state index in [9.17, 15) is 9.59 Å².